The zero-order valence-electron chi connectivity index (χ0n) is 14.9. The molecule has 0 spiro atoms. The van der Waals surface area contributed by atoms with Gasteiger partial charge in [-0.15, -0.1) is 0 Å². The Morgan fingerprint density at radius 3 is 2.73 bits per heavy atom. The van der Waals surface area contributed by atoms with Crippen LogP contribution in [0.2, 0.25) is 0 Å². The fourth-order valence-electron chi connectivity index (χ4n) is 3.78. The predicted molar refractivity (Wildman–Crippen MR) is 97.6 cm³/mol. The lowest BCUT2D eigenvalue weighted by molar-refractivity contribution is 0.244. The minimum Gasteiger partial charge on any atom is -0.487 e. The lowest BCUT2D eigenvalue weighted by atomic mass is 10.1. The highest BCUT2D eigenvalue weighted by Crippen LogP contribution is 2.42. The minimum atomic E-state index is -0.466. The van der Waals surface area contributed by atoms with Gasteiger partial charge in [0.15, 0.2) is 17.0 Å². The van der Waals surface area contributed by atoms with Gasteiger partial charge >= 0.3 is 0 Å². The maximum atomic E-state index is 15.0. The van der Waals surface area contributed by atoms with E-state index in [1.165, 1.54) is 6.07 Å². The van der Waals surface area contributed by atoms with Crippen LogP contribution in [0.4, 0.5) is 10.1 Å². The molecule has 1 fully saturated rings. The summed E-state index contributed by atoms with van der Waals surface area (Å²) < 4.78 is 22.9. The Labute approximate surface area is 149 Å². The summed E-state index contributed by atoms with van der Waals surface area (Å²) >= 11 is 0. The standard InChI is InChI=1S/C18H21FN4O3/c1-11-10-26-18-15-13(17(24)12(8-20-25)9-23(11)15)7-14(19)16(18)22-5-3-21(2)4-6-22/h7,9,11H,3-6,8,10H2,1-2H3/t11-/m0/s1. The summed E-state index contributed by atoms with van der Waals surface area (Å²) in [5.74, 6) is -0.0446. The number of nitrogens with zero attached hydrogens (tertiary/aromatic N) is 4. The third-order valence-corrected chi connectivity index (χ3v) is 5.27. The topological polar surface area (TPSA) is 67.1 Å². The van der Waals surface area contributed by atoms with E-state index in [9.17, 15) is 9.70 Å². The van der Waals surface area contributed by atoms with Gasteiger partial charge < -0.3 is 19.1 Å². The van der Waals surface area contributed by atoms with Crippen molar-refractivity contribution in [3.8, 4) is 5.75 Å². The summed E-state index contributed by atoms with van der Waals surface area (Å²) in [6.07, 6.45) is 1.66. The highest BCUT2D eigenvalue weighted by molar-refractivity contribution is 5.92. The van der Waals surface area contributed by atoms with Crippen molar-refractivity contribution in [2.45, 2.75) is 19.5 Å². The number of ether oxygens (including phenoxy) is 1. The lowest BCUT2D eigenvalue weighted by Gasteiger charge is -2.37. The molecule has 1 saturated heterocycles. The maximum Gasteiger partial charge on any atom is 0.194 e. The molecule has 0 aliphatic carbocycles. The van der Waals surface area contributed by atoms with Crippen LogP contribution in [0.3, 0.4) is 0 Å². The number of pyridine rings is 1. The highest BCUT2D eigenvalue weighted by Gasteiger charge is 2.30. The smallest absolute Gasteiger partial charge is 0.194 e. The molecule has 0 saturated carbocycles. The van der Waals surface area contributed by atoms with E-state index in [1.54, 1.807) is 6.20 Å². The number of halogens is 1. The van der Waals surface area contributed by atoms with Crippen molar-refractivity contribution in [3.63, 3.8) is 0 Å². The van der Waals surface area contributed by atoms with Crippen molar-refractivity contribution in [2.24, 2.45) is 5.18 Å². The van der Waals surface area contributed by atoms with Gasteiger partial charge in [-0.2, -0.15) is 4.91 Å². The van der Waals surface area contributed by atoms with Gasteiger partial charge in [0.1, 0.15) is 18.8 Å². The van der Waals surface area contributed by atoms with E-state index in [0.717, 1.165) is 13.1 Å². The van der Waals surface area contributed by atoms with E-state index in [2.05, 4.69) is 10.1 Å². The predicted octanol–water partition coefficient (Wildman–Crippen LogP) is 2.11. The quantitative estimate of drug-likeness (QED) is 0.785. The monoisotopic (exact) mass is 360 g/mol. The van der Waals surface area contributed by atoms with Crippen LogP contribution >= 0.6 is 0 Å². The number of hydrogen-bond donors (Lipinski definition) is 0. The first-order valence-corrected chi connectivity index (χ1v) is 8.77. The van der Waals surface area contributed by atoms with Crippen LogP contribution in [-0.4, -0.2) is 49.3 Å². The molecule has 1 aromatic heterocycles. The Kier molecular flexibility index (Phi) is 4.14. The number of piperazine rings is 1. The van der Waals surface area contributed by atoms with Gasteiger partial charge in [-0.25, -0.2) is 4.39 Å². The van der Waals surface area contributed by atoms with Gasteiger partial charge in [0.25, 0.3) is 0 Å². The SMILES string of the molecule is C[C@H]1COc2c(N3CCN(C)CC3)c(F)cc3c(=O)c(CN=O)cn1c23. The fraction of sp³-hybridized carbons (Fsp3) is 0.500. The largest absolute Gasteiger partial charge is 0.487 e. The Bertz CT molecular complexity index is 934. The number of likely N-dealkylation sites (N-methyl/N-ethyl adjacent to an activating group) is 1. The number of aromatic nitrogens is 1. The molecule has 0 unspecified atom stereocenters. The van der Waals surface area contributed by atoms with Gasteiger partial charge in [-0.05, 0) is 20.0 Å². The van der Waals surface area contributed by atoms with Gasteiger partial charge in [0.2, 0.25) is 0 Å². The van der Waals surface area contributed by atoms with E-state index >= 15 is 4.39 Å². The van der Waals surface area contributed by atoms with Crippen molar-refractivity contribution in [1.29, 1.82) is 0 Å². The molecule has 138 valence electrons. The second-order valence-corrected chi connectivity index (χ2v) is 7.06. The molecule has 1 aromatic carbocycles. The lowest BCUT2D eigenvalue weighted by Crippen LogP contribution is -2.45. The van der Waals surface area contributed by atoms with Gasteiger partial charge in [0.05, 0.1) is 16.9 Å². The maximum absolute atomic E-state index is 15.0. The zero-order chi connectivity index (χ0) is 18.4. The first-order valence-electron chi connectivity index (χ1n) is 8.77. The normalized spacial score (nSPS) is 20.3. The van der Waals surface area contributed by atoms with Crippen molar-refractivity contribution in [2.75, 3.05) is 44.7 Å². The van der Waals surface area contributed by atoms with Gasteiger partial charge in [0, 0.05) is 37.9 Å². The number of nitroso groups, excluding NO2 is 1. The van der Waals surface area contributed by atoms with Crippen LogP contribution in [0.15, 0.2) is 22.2 Å². The fourth-order valence-corrected chi connectivity index (χ4v) is 3.78. The summed E-state index contributed by atoms with van der Waals surface area (Å²) in [4.78, 5) is 27.5. The molecule has 0 radical (unpaired) electrons. The number of rotatable bonds is 3. The van der Waals surface area contributed by atoms with E-state index < -0.39 is 5.82 Å². The van der Waals surface area contributed by atoms with E-state index in [-0.39, 0.29) is 29.0 Å². The van der Waals surface area contributed by atoms with Crippen LogP contribution in [-0.2, 0) is 6.54 Å². The molecule has 2 aromatic rings. The van der Waals surface area contributed by atoms with Crippen LogP contribution in [0, 0.1) is 10.7 Å². The van der Waals surface area contributed by atoms with Crippen LogP contribution in [0.1, 0.15) is 18.5 Å². The number of benzene rings is 1. The van der Waals surface area contributed by atoms with Crippen molar-refractivity contribution >= 4 is 16.6 Å². The molecule has 26 heavy (non-hydrogen) atoms. The first kappa shape index (κ1) is 17.0. The molecular formula is C18H21FN4O3. The average Bonchev–Trinajstić information content (AvgIpc) is 2.62. The minimum absolute atomic E-state index is 0.0261. The molecule has 0 amide bonds. The van der Waals surface area contributed by atoms with Gasteiger partial charge in [-0.3, -0.25) is 4.79 Å². The summed E-state index contributed by atoms with van der Waals surface area (Å²) in [5.41, 5.74) is 0.934. The molecule has 8 heteroatoms. The van der Waals surface area contributed by atoms with Crippen molar-refractivity contribution < 1.29 is 9.13 Å². The third-order valence-electron chi connectivity index (χ3n) is 5.27. The number of anilines is 1. The third kappa shape index (κ3) is 2.56. The molecule has 4 rings (SSSR count). The Balaban J connectivity index is 1.97. The Hall–Kier alpha value is -2.48. The number of hydrogen-bond acceptors (Lipinski definition) is 6. The molecule has 0 N–H and O–H groups in total. The summed E-state index contributed by atoms with van der Waals surface area (Å²) in [5, 5.41) is 3.07. The molecule has 0 bridgehead atoms. The second kappa shape index (κ2) is 6.35. The van der Waals surface area contributed by atoms with E-state index in [1.807, 2.05) is 23.4 Å². The second-order valence-electron chi connectivity index (χ2n) is 7.06. The average molecular weight is 360 g/mol. The highest BCUT2D eigenvalue weighted by atomic mass is 19.1. The van der Waals surface area contributed by atoms with Gasteiger partial charge in [-0.1, -0.05) is 5.18 Å². The summed E-state index contributed by atoms with van der Waals surface area (Å²) in [6.45, 7) is 5.19. The molecular weight excluding hydrogens is 339 g/mol. The first-order chi connectivity index (χ1) is 12.5. The van der Waals surface area contributed by atoms with Crippen molar-refractivity contribution in [1.82, 2.24) is 9.47 Å². The molecule has 3 heterocycles. The summed E-state index contributed by atoms with van der Waals surface area (Å²) in [7, 11) is 2.04. The van der Waals surface area contributed by atoms with E-state index in [4.69, 9.17) is 4.74 Å². The Morgan fingerprint density at radius 2 is 2.04 bits per heavy atom. The van der Waals surface area contributed by atoms with Crippen LogP contribution < -0.4 is 15.1 Å². The Morgan fingerprint density at radius 1 is 1.31 bits per heavy atom. The molecule has 7 nitrogen and oxygen atoms in total. The zero-order valence-corrected chi connectivity index (χ0v) is 14.9. The van der Waals surface area contributed by atoms with E-state index in [0.29, 0.717) is 36.6 Å². The van der Waals surface area contributed by atoms with Crippen LogP contribution in [0.5, 0.6) is 5.75 Å². The van der Waals surface area contributed by atoms with Crippen LogP contribution in [0.25, 0.3) is 10.9 Å². The molecule has 1 atom stereocenters. The molecule has 2 aliphatic rings. The summed E-state index contributed by atoms with van der Waals surface area (Å²) in [6, 6.07) is 1.25. The van der Waals surface area contributed by atoms with Crippen molar-refractivity contribution in [3.05, 3.63) is 38.8 Å². The molecule has 2 aliphatic heterocycles.